The van der Waals surface area contributed by atoms with Crippen molar-refractivity contribution < 1.29 is 23.8 Å². The molecule has 1 atom stereocenters. The Morgan fingerprint density at radius 1 is 0.857 bits per heavy atom. The van der Waals surface area contributed by atoms with Gasteiger partial charge in [0.2, 0.25) is 0 Å². The van der Waals surface area contributed by atoms with E-state index in [2.05, 4.69) is 12.1 Å². The van der Waals surface area contributed by atoms with Gasteiger partial charge in [-0.1, -0.05) is 73.1 Å². The molecule has 3 aromatic rings. The van der Waals surface area contributed by atoms with E-state index in [1.165, 1.54) is 14.2 Å². The van der Waals surface area contributed by atoms with Crippen molar-refractivity contribution in [2.45, 2.75) is 38.7 Å². The van der Waals surface area contributed by atoms with Crippen molar-refractivity contribution in [1.82, 2.24) is 0 Å². The molecule has 1 unspecified atom stereocenters. The van der Waals surface area contributed by atoms with Crippen LogP contribution in [0.2, 0.25) is 0 Å². The van der Waals surface area contributed by atoms with E-state index in [0.717, 1.165) is 46.7 Å². The fourth-order valence-corrected chi connectivity index (χ4v) is 3.76. The van der Waals surface area contributed by atoms with Crippen LogP contribution in [0.15, 0.2) is 84.0 Å². The van der Waals surface area contributed by atoms with Gasteiger partial charge in [0, 0.05) is 5.56 Å². The van der Waals surface area contributed by atoms with E-state index in [1.807, 2.05) is 78.9 Å². The first-order valence-corrected chi connectivity index (χ1v) is 11.8. The summed E-state index contributed by atoms with van der Waals surface area (Å²) < 4.78 is 16.7. The summed E-state index contributed by atoms with van der Waals surface area (Å²) in [6.07, 6.45) is 2.34. The SMILES string of the molecule is CCCC(CC(=O)OC)c1ccc(OCc2ccc(OC/C(=N\OC)c3ccccc3)cc2)cc1. The van der Waals surface area contributed by atoms with E-state index in [4.69, 9.17) is 19.0 Å². The Morgan fingerprint density at radius 2 is 1.51 bits per heavy atom. The first-order valence-electron chi connectivity index (χ1n) is 11.8. The van der Waals surface area contributed by atoms with Crippen molar-refractivity contribution >= 4 is 11.7 Å². The number of esters is 1. The van der Waals surface area contributed by atoms with Crippen LogP contribution >= 0.6 is 0 Å². The maximum absolute atomic E-state index is 11.7. The summed E-state index contributed by atoms with van der Waals surface area (Å²) in [7, 11) is 2.95. The Morgan fingerprint density at radius 3 is 2.14 bits per heavy atom. The van der Waals surface area contributed by atoms with Gasteiger partial charge in [-0.25, -0.2) is 0 Å². The Balaban J connectivity index is 1.52. The lowest BCUT2D eigenvalue weighted by molar-refractivity contribution is -0.141. The fraction of sp³-hybridized carbons (Fsp3) is 0.310. The highest BCUT2D eigenvalue weighted by molar-refractivity contribution is 6.01. The summed E-state index contributed by atoms with van der Waals surface area (Å²) in [5, 5.41) is 4.08. The summed E-state index contributed by atoms with van der Waals surface area (Å²) in [5.41, 5.74) is 3.83. The second-order valence-corrected chi connectivity index (χ2v) is 8.14. The van der Waals surface area contributed by atoms with Crippen LogP contribution in [0.25, 0.3) is 0 Å². The molecule has 0 aliphatic carbocycles. The molecular weight excluding hydrogens is 442 g/mol. The lowest BCUT2D eigenvalue weighted by Crippen LogP contribution is -2.13. The van der Waals surface area contributed by atoms with Crippen molar-refractivity contribution in [2.75, 3.05) is 20.8 Å². The average Bonchev–Trinajstić information content (AvgIpc) is 2.91. The normalized spacial score (nSPS) is 12.0. The summed E-state index contributed by atoms with van der Waals surface area (Å²) in [6, 6.07) is 25.6. The summed E-state index contributed by atoms with van der Waals surface area (Å²) >= 11 is 0. The fourth-order valence-electron chi connectivity index (χ4n) is 3.76. The van der Waals surface area contributed by atoms with Gasteiger partial charge in [0.05, 0.1) is 13.5 Å². The van der Waals surface area contributed by atoms with Gasteiger partial charge in [-0.05, 0) is 47.7 Å². The highest BCUT2D eigenvalue weighted by atomic mass is 16.6. The Bertz CT molecular complexity index is 1060. The van der Waals surface area contributed by atoms with Crippen molar-refractivity contribution in [2.24, 2.45) is 5.16 Å². The number of hydrogen-bond donors (Lipinski definition) is 0. The van der Waals surface area contributed by atoms with Crippen molar-refractivity contribution in [1.29, 1.82) is 0 Å². The zero-order valence-electron chi connectivity index (χ0n) is 20.6. The van der Waals surface area contributed by atoms with Crippen LogP contribution in [0, 0.1) is 0 Å². The number of benzene rings is 3. The molecule has 35 heavy (non-hydrogen) atoms. The first kappa shape index (κ1) is 25.8. The molecule has 0 heterocycles. The van der Waals surface area contributed by atoms with Gasteiger partial charge in [-0.15, -0.1) is 0 Å². The van der Waals surface area contributed by atoms with E-state index >= 15 is 0 Å². The molecule has 0 aromatic heterocycles. The van der Waals surface area contributed by atoms with Crippen LogP contribution in [0.4, 0.5) is 0 Å². The number of rotatable bonds is 13. The molecule has 0 saturated heterocycles. The molecular formula is C29H33NO5. The number of carbonyl (C=O) groups excluding carboxylic acids is 1. The summed E-state index contributed by atoms with van der Waals surface area (Å²) in [5.74, 6) is 1.50. The zero-order valence-corrected chi connectivity index (χ0v) is 20.6. The van der Waals surface area contributed by atoms with Crippen molar-refractivity contribution in [3.8, 4) is 11.5 Å². The van der Waals surface area contributed by atoms with Crippen LogP contribution in [0.3, 0.4) is 0 Å². The smallest absolute Gasteiger partial charge is 0.306 e. The van der Waals surface area contributed by atoms with E-state index in [-0.39, 0.29) is 11.9 Å². The van der Waals surface area contributed by atoms with Crippen LogP contribution in [-0.2, 0) is 21.0 Å². The molecule has 0 fully saturated rings. The van der Waals surface area contributed by atoms with E-state index < -0.39 is 0 Å². The number of carbonyl (C=O) groups is 1. The van der Waals surface area contributed by atoms with E-state index in [1.54, 1.807) is 0 Å². The number of oxime groups is 1. The van der Waals surface area contributed by atoms with Crippen LogP contribution in [-0.4, -0.2) is 32.5 Å². The number of methoxy groups -OCH3 is 1. The number of ether oxygens (including phenoxy) is 3. The van der Waals surface area contributed by atoms with Crippen LogP contribution in [0.5, 0.6) is 11.5 Å². The topological polar surface area (TPSA) is 66.4 Å². The monoisotopic (exact) mass is 475 g/mol. The maximum atomic E-state index is 11.7. The standard InChI is InChI=1S/C29H33NO5/c1-4-8-25(19-29(31)32-2)23-13-17-27(18-14-23)34-20-22-11-15-26(16-12-22)35-21-28(30-33-3)24-9-6-5-7-10-24/h5-7,9-18,25H,4,8,19-21H2,1-3H3/b30-28+. The molecule has 0 spiro atoms. The van der Waals surface area contributed by atoms with Gasteiger partial charge < -0.3 is 19.0 Å². The molecule has 0 aliphatic heterocycles. The zero-order chi connectivity index (χ0) is 24.9. The molecule has 0 radical (unpaired) electrons. The predicted molar refractivity (Wildman–Crippen MR) is 137 cm³/mol. The molecule has 184 valence electrons. The Labute approximate surface area is 207 Å². The van der Waals surface area contributed by atoms with Crippen LogP contribution in [0.1, 0.15) is 48.8 Å². The minimum absolute atomic E-state index is 0.158. The molecule has 6 heteroatoms. The maximum Gasteiger partial charge on any atom is 0.306 e. The summed E-state index contributed by atoms with van der Waals surface area (Å²) in [6.45, 7) is 2.86. The average molecular weight is 476 g/mol. The van der Waals surface area contributed by atoms with Gasteiger partial charge in [-0.2, -0.15) is 0 Å². The lowest BCUT2D eigenvalue weighted by atomic mass is 9.91. The van der Waals surface area contributed by atoms with Crippen LogP contribution < -0.4 is 9.47 Å². The third-order valence-corrected chi connectivity index (χ3v) is 5.64. The molecule has 0 amide bonds. The molecule has 3 aromatic carbocycles. The van der Waals surface area contributed by atoms with Crippen molar-refractivity contribution in [3.63, 3.8) is 0 Å². The largest absolute Gasteiger partial charge is 0.489 e. The van der Waals surface area contributed by atoms with E-state index in [0.29, 0.717) is 19.6 Å². The molecule has 6 nitrogen and oxygen atoms in total. The number of nitrogens with zero attached hydrogens (tertiary/aromatic N) is 1. The molecule has 0 N–H and O–H groups in total. The quantitative estimate of drug-likeness (QED) is 0.169. The van der Waals surface area contributed by atoms with E-state index in [9.17, 15) is 4.79 Å². The predicted octanol–water partition coefficient (Wildman–Crippen LogP) is 6.14. The van der Waals surface area contributed by atoms with Gasteiger partial charge >= 0.3 is 5.97 Å². The highest BCUT2D eigenvalue weighted by Gasteiger charge is 2.16. The highest BCUT2D eigenvalue weighted by Crippen LogP contribution is 2.27. The van der Waals surface area contributed by atoms with Gasteiger partial charge in [-0.3, -0.25) is 4.79 Å². The van der Waals surface area contributed by atoms with Gasteiger partial charge in [0.25, 0.3) is 0 Å². The van der Waals surface area contributed by atoms with Gasteiger partial charge in [0.15, 0.2) is 0 Å². The number of hydrogen-bond acceptors (Lipinski definition) is 6. The molecule has 3 rings (SSSR count). The third kappa shape index (κ3) is 8.18. The van der Waals surface area contributed by atoms with Crippen molar-refractivity contribution in [3.05, 3.63) is 95.6 Å². The summed E-state index contributed by atoms with van der Waals surface area (Å²) in [4.78, 5) is 16.7. The lowest BCUT2D eigenvalue weighted by Gasteiger charge is -2.16. The molecule has 0 saturated carbocycles. The minimum atomic E-state index is -0.182. The van der Waals surface area contributed by atoms with Gasteiger partial charge in [0.1, 0.15) is 37.5 Å². The second-order valence-electron chi connectivity index (χ2n) is 8.14. The Kier molecular flexibility index (Phi) is 10.2. The molecule has 0 bridgehead atoms. The Hall–Kier alpha value is -3.80. The molecule has 0 aliphatic rings. The third-order valence-electron chi connectivity index (χ3n) is 5.64. The second kappa shape index (κ2) is 13.8. The first-order chi connectivity index (χ1) is 17.1. The minimum Gasteiger partial charge on any atom is -0.489 e.